The minimum atomic E-state index is 0.227. The van der Waals surface area contributed by atoms with Crippen LogP contribution in [0.15, 0.2) is 42.5 Å². The van der Waals surface area contributed by atoms with Crippen molar-refractivity contribution in [1.82, 2.24) is 4.90 Å². The highest BCUT2D eigenvalue weighted by atomic mass is 16.2. The first-order valence-corrected chi connectivity index (χ1v) is 10.6. The van der Waals surface area contributed by atoms with E-state index in [1.54, 1.807) is 4.90 Å². The minimum absolute atomic E-state index is 0.227. The zero-order chi connectivity index (χ0) is 17.8. The number of amides is 1. The Morgan fingerprint density at radius 3 is 2.65 bits per heavy atom. The van der Waals surface area contributed by atoms with Crippen molar-refractivity contribution in [3.05, 3.63) is 48.0 Å². The number of carbonyl (C=O) groups excluding carboxylic acids is 1. The Balaban J connectivity index is 1.37. The van der Waals surface area contributed by atoms with Crippen LogP contribution in [0.1, 0.15) is 50.0 Å². The molecule has 3 aliphatic rings. The summed E-state index contributed by atoms with van der Waals surface area (Å²) in [7, 11) is 0. The van der Waals surface area contributed by atoms with E-state index >= 15 is 0 Å². The fourth-order valence-corrected chi connectivity index (χ4v) is 4.81. The van der Waals surface area contributed by atoms with Crippen LogP contribution >= 0.6 is 0 Å². The number of nitrogens with one attached hydrogen (secondary N) is 1. The molecule has 4 rings (SSSR count). The van der Waals surface area contributed by atoms with Crippen LogP contribution in [0.2, 0.25) is 0 Å². The number of rotatable bonds is 7. The van der Waals surface area contributed by atoms with Gasteiger partial charge in [0.05, 0.1) is 26.2 Å². The summed E-state index contributed by atoms with van der Waals surface area (Å²) in [4.78, 5) is 17.2. The number of allylic oxidation sites excluding steroid dienone is 2. The van der Waals surface area contributed by atoms with Gasteiger partial charge in [0.2, 0.25) is 5.91 Å². The highest BCUT2D eigenvalue weighted by Crippen LogP contribution is 2.48. The molecule has 1 aromatic carbocycles. The lowest BCUT2D eigenvalue weighted by Gasteiger charge is -2.29. The lowest BCUT2D eigenvalue weighted by Crippen LogP contribution is -3.10. The number of hydrogen-bond donors (Lipinski definition) is 1. The molecule has 1 saturated heterocycles. The summed E-state index contributed by atoms with van der Waals surface area (Å²) in [5.41, 5.74) is 1.34. The van der Waals surface area contributed by atoms with Crippen molar-refractivity contribution >= 4 is 5.91 Å². The van der Waals surface area contributed by atoms with Gasteiger partial charge in [0.15, 0.2) is 0 Å². The summed E-state index contributed by atoms with van der Waals surface area (Å²) in [6, 6.07) is 10.6. The van der Waals surface area contributed by atoms with Gasteiger partial charge in [-0.1, -0.05) is 42.5 Å². The molecule has 26 heavy (non-hydrogen) atoms. The topological polar surface area (TPSA) is 24.8 Å². The second-order valence-electron chi connectivity index (χ2n) is 8.50. The Labute approximate surface area is 158 Å². The highest BCUT2D eigenvalue weighted by Gasteiger charge is 2.46. The largest absolute Gasteiger partial charge is 0.337 e. The number of nitrogens with zero attached hydrogens (tertiary/aromatic N) is 1. The van der Waals surface area contributed by atoms with Crippen molar-refractivity contribution < 1.29 is 9.69 Å². The van der Waals surface area contributed by atoms with Crippen molar-refractivity contribution in [3.8, 4) is 0 Å². The predicted octanol–water partition coefficient (Wildman–Crippen LogP) is 2.65. The minimum Gasteiger partial charge on any atom is -0.337 e. The Morgan fingerprint density at radius 2 is 1.92 bits per heavy atom. The molecule has 2 fully saturated rings. The third-order valence-corrected chi connectivity index (χ3v) is 6.55. The first-order chi connectivity index (χ1) is 12.8. The molecular weight excluding hydrogens is 320 g/mol. The summed E-state index contributed by atoms with van der Waals surface area (Å²) in [6.45, 7) is 5.65. The van der Waals surface area contributed by atoms with E-state index in [1.165, 1.54) is 44.3 Å². The van der Waals surface area contributed by atoms with Crippen LogP contribution in [0.4, 0.5) is 0 Å². The maximum Gasteiger partial charge on any atom is 0.226 e. The van der Waals surface area contributed by atoms with Crippen molar-refractivity contribution in [2.24, 2.45) is 11.8 Å². The highest BCUT2D eigenvalue weighted by molar-refractivity contribution is 5.83. The first-order valence-electron chi connectivity index (χ1n) is 10.6. The zero-order valence-electron chi connectivity index (χ0n) is 15.9. The molecule has 3 heteroatoms. The molecule has 1 N–H and O–H groups in total. The van der Waals surface area contributed by atoms with Crippen molar-refractivity contribution in [1.29, 1.82) is 0 Å². The smallest absolute Gasteiger partial charge is 0.226 e. The van der Waals surface area contributed by atoms with Gasteiger partial charge in [0.25, 0.3) is 0 Å². The molecule has 3 nitrogen and oxygen atoms in total. The summed E-state index contributed by atoms with van der Waals surface area (Å²) in [5, 5.41) is 0. The van der Waals surface area contributed by atoms with Gasteiger partial charge in [-0.15, -0.1) is 0 Å². The van der Waals surface area contributed by atoms with Gasteiger partial charge in [-0.2, -0.15) is 0 Å². The van der Waals surface area contributed by atoms with Gasteiger partial charge in [0.1, 0.15) is 0 Å². The molecule has 2 aliphatic carbocycles. The molecule has 0 aromatic heterocycles. The van der Waals surface area contributed by atoms with Crippen LogP contribution in [0.5, 0.6) is 0 Å². The van der Waals surface area contributed by atoms with E-state index in [0.717, 1.165) is 32.5 Å². The number of carbonyl (C=O) groups is 1. The predicted molar refractivity (Wildman–Crippen MR) is 105 cm³/mol. The molecule has 0 radical (unpaired) electrons. The second-order valence-corrected chi connectivity index (χ2v) is 8.50. The van der Waals surface area contributed by atoms with Crippen LogP contribution in [0.25, 0.3) is 0 Å². The molecule has 1 amide bonds. The van der Waals surface area contributed by atoms with E-state index in [-0.39, 0.29) is 5.92 Å². The van der Waals surface area contributed by atoms with Crippen LogP contribution in [0, 0.1) is 11.8 Å². The molecule has 1 heterocycles. The van der Waals surface area contributed by atoms with Crippen LogP contribution in [-0.4, -0.2) is 43.5 Å². The standard InChI is InChI=1S/C23H32N2O/c26-23(22-17-21(22)20-11-5-2-6-12-20)25(16-15-24-13-7-8-14-24)18-19-9-3-1-4-10-19/h1-3,5-6,11-12,19,21-22H,4,7-10,13-18H2/p+1/t19-,21-,22-/m0/s1. The normalized spacial score (nSPS) is 28.2. The van der Waals surface area contributed by atoms with Crippen molar-refractivity contribution in [3.63, 3.8) is 0 Å². The van der Waals surface area contributed by atoms with Gasteiger partial charge in [0, 0.05) is 25.3 Å². The second kappa shape index (κ2) is 8.39. The van der Waals surface area contributed by atoms with E-state index in [4.69, 9.17) is 0 Å². The lowest BCUT2D eigenvalue weighted by atomic mass is 9.93. The van der Waals surface area contributed by atoms with Gasteiger partial charge >= 0.3 is 0 Å². The molecule has 1 aliphatic heterocycles. The van der Waals surface area contributed by atoms with Crippen LogP contribution in [-0.2, 0) is 4.79 Å². The summed E-state index contributed by atoms with van der Waals surface area (Å²) in [5.74, 6) is 1.76. The summed E-state index contributed by atoms with van der Waals surface area (Å²) >= 11 is 0. The lowest BCUT2D eigenvalue weighted by molar-refractivity contribution is -0.886. The van der Waals surface area contributed by atoms with E-state index in [9.17, 15) is 4.79 Å². The number of benzene rings is 1. The SMILES string of the molecule is O=C([C@H]1C[C@H]1c1ccccc1)N(CC[NH+]1CCCC1)C[C@H]1CC=CCC1. The maximum atomic E-state index is 13.3. The molecular formula is C23H33N2O+. The average molecular weight is 354 g/mol. The quantitative estimate of drug-likeness (QED) is 0.749. The third-order valence-electron chi connectivity index (χ3n) is 6.55. The molecule has 3 atom stereocenters. The van der Waals surface area contributed by atoms with E-state index in [2.05, 4.69) is 47.4 Å². The fourth-order valence-electron chi connectivity index (χ4n) is 4.81. The van der Waals surface area contributed by atoms with E-state index in [0.29, 0.717) is 17.7 Å². The number of quaternary nitrogens is 1. The van der Waals surface area contributed by atoms with Gasteiger partial charge in [-0.3, -0.25) is 4.79 Å². The van der Waals surface area contributed by atoms with Crippen molar-refractivity contribution in [2.45, 2.75) is 44.4 Å². The summed E-state index contributed by atoms with van der Waals surface area (Å²) in [6.07, 6.45) is 11.9. The molecule has 0 unspecified atom stereocenters. The first kappa shape index (κ1) is 17.8. The van der Waals surface area contributed by atoms with Crippen LogP contribution < -0.4 is 4.90 Å². The number of hydrogen-bond acceptors (Lipinski definition) is 1. The Bertz CT molecular complexity index is 620. The Morgan fingerprint density at radius 1 is 1.12 bits per heavy atom. The van der Waals surface area contributed by atoms with Gasteiger partial charge in [-0.05, 0) is 43.1 Å². The van der Waals surface area contributed by atoms with Crippen molar-refractivity contribution in [2.75, 3.05) is 32.7 Å². The van der Waals surface area contributed by atoms with Crippen LogP contribution in [0.3, 0.4) is 0 Å². The van der Waals surface area contributed by atoms with Gasteiger partial charge < -0.3 is 9.80 Å². The number of likely N-dealkylation sites (tertiary alicyclic amines) is 1. The maximum absolute atomic E-state index is 13.3. The molecule has 0 bridgehead atoms. The monoisotopic (exact) mass is 353 g/mol. The Hall–Kier alpha value is -1.61. The molecule has 0 spiro atoms. The molecule has 1 aromatic rings. The molecule has 1 saturated carbocycles. The average Bonchev–Trinajstić information content (AvgIpc) is 3.33. The fraction of sp³-hybridized carbons (Fsp3) is 0.609. The summed E-state index contributed by atoms with van der Waals surface area (Å²) < 4.78 is 0. The van der Waals surface area contributed by atoms with E-state index in [1.807, 2.05) is 0 Å². The van der Waals surface area contributed by atoms with Gasteiger partial charge in [-0.25, -0.2) is 0 Å². The molecule has 140 valence electrons. The Kier molecular flexibility index (Phi) is 5.74. The third kappa shape index (κ3) is 4.37. The zero-order valence-corrected chi connectivity index (χ0v) is 15.9. The van der Waals surface area contributed by atoms with E-state index < -0.39 is 0 Å².